The SMILES string of the molecule is C[C@H]1Cc2ccccc2N1C(=O)COc1ccc(S(=O)(=O)Nc2ccc(Cl)cc2)cc1Cl. The van der Waals surface area contributed by atoms with E-state index in [2.05, 4.69) is 4.72 Å². The van der Waals surface area contributed by atoms with Gasteiger partial charge >= 0.3 is 0 Å². The van der Waals surface area contributed by atoms with Crippen molar-refractivity contribution < 1.29 is 17.9 Å². The van der Waals surface area contributed by atoms with Gasteiger partial charge in [0, 0.05) is 22.4 Å². The predicted octanol–water partition coefficient (Wildman–Crippen LogP) is 5.15. The Labute approximate surface area is 196 Å². The maximum Gasteiger partial charge on any atom is 0.265 e. The first kappa shape index (κ1) is 22.5. The lowest BCUT2D eigenvalue weighted by Crippen LogP contribution is -2.39. The number of sulfonamides is 1. The van der Waals surface area contributed by atoms with Gasteiger partial charge in [0.15, 0.2) is 6.61 Å². The second kappa shape index (κ2) is 9.02. The van der Waals surface area contributed by atoms with E-state index < -0.39 is 10.0 Å². The highest BCUT2D eigenvalue weighted by Gasteiger charge is 2.30. The fraction of sp³-hybridized carbons (Fsp3) is 0.174. The molecular formula is C23H20Cl2N2O4S. The van der Waals surface area contributed by atoms with E-state index in [1.807, 2.05) is 31.2 Å². The van der Waals surface area contributed by atoms with Gasteiger partial charge in [0.2, 0.25) is 0 Å². The molecule has 9 heteroatoms. The van der Waals surface area contributed by atoms with Crippen LogP contribution in [0.5, 0.6) is 5.75 Å². The van der Waals surface area contributed by atoms with Gasteiger partial charge in [-0.1, -0.05) is 41.4 Å². The predicted molar refractivity (Wildman–Crippen MR) is 126 cm³/mol. The van der Waals surface area contributed by atoms with Crippen LogP contribution in [0.4, 0.5) is 11.4 Å². The van der Waals surface area contributed by atoms with Crippen molar-refractivity contribution >= 4 is 50.5 Å². The van der Waals surface area contributed by atoms with Crippen molar-refractivity contribution in [3.05, 3.63) is 82.3 Å². The summed E-state index contributed by atoms with van der Waals surface area (Å²) in [6, 6.07) is 18.2. The number of carbonyl (C=O) groups is 1. The fourth-order valence-corrected chi connectivity index (χ4v) is 5.16. The minimum absolute atomic E-state index is 0.0294. The molecule has 0 saturated heterocycles. The molecular weight excluding hydrogens is 471 g/mol. The molecule has 3 aromatic carbocycles. The number of halogens is 2. The number of rotatable bonds is 6. The summed E-state index contributed by atoms with van der Waals surface area (Å²) in [5.74, 6) is 0.0326. The Kier molecular flexibility index (Phi) is 6.33. The topological polar surface area (TPSA) is 75.7 Å². The number of para-hydroxylation sites is 1. The lowest BCUT2D eigenvalue weighted by atomic mass is 10.1. The van der Waals surface area contributed by atoms with E-state index in [4.69, 9.17) is 27.9 Å². The van der Waals surface area contributed by atoms with Crippen LogP contribution in [0.3, 0.4) is 0 Å². The molecule has 0 unspecified atom stereocenters. The lowest BCUT2D eigenvalue weighted by molar-refractivity contribution is -0.120. The zero-order valence-electron chi connectivity index (χ0n) is 17.1. The van der Waals surface area contributed by atoms with E-state index in [9.17, 15) is 13.2 Å². The molecule has 0 radical (unpaired) electrons. The Bertz CT molecular complexity index is 1260. The number of ether oxygens (including phenoxy) is 1. The number of amides is 1. The fourth-order valence-electron chi connectivity index (χ4n) is 3.65. The number of hydrogen-bond acceptors (Lipinski definition) is 4. The molecule has 3 aromatic rings. The molecule has 6 nitrogen and oxygen atoms in total. The van der Waals surface area contributed by atoms with Gasteiger partial charge in [0.25, 0.3) is 15.9 Å². The third-order valence-corrected chi connectivity index (χ3v) is 7.06. The Balaban J connectivity index is 1.45. The van der Waals surface area contributed by atoms with Crippen molar-refractivity contribution in [2.24, 2.45) is 0 Å². The molecule has 0 spiro atoms. The van der Waals surface area contributed by atoms with Crippen LogP contribution in [0.15, 0.2) is 71.6 Å². The lowest BCUT2D eigenvalue weighted by Gasteiger charge is -2.23. The number of benzene rings is 3. The van der Waals surface area contributed by atoms with E-state index >= 15 is 0 Å². The largest absolute Gasteiger partial charge is 0.482 e. The zero-order chi connectivity index (χ0) is 22.9. The molecule has 1 N–H and O–H groups in total. The Morgan fingerprint density at radius 2 is 1.81 bits per heavy atom. The number of carbonyl (C=O) groups excluding carboxylic acids is 1. The third-order valence-electron chi connectivity index (χ3n) is 5.14. The van der Waals surface area contributed by atoms with Gasteiger partial charge in [-0.3, -0.25) is 9.52 Å². The van der Waals surface area contributed by atoms with Crippen LogP contribution in [0.2, 0.25) is 10.0 Å². The Hall–Kier alpha value is -2.74. The van der Waals surface area contributed by atoms with E-state index in [1.165, 1.54) is 18.2 Å². The molecule has 1 aliphatic rings. The van der Waals surface area contributed by atoms with Crippen LogP contribution >= 0.6 is 23.2 Å². The highest BCUT2D eigenvalue weighted by Crippen LogP contribution is 2.33. The molecule has 166 valence electrons. The molecule has 0 aromatic heterocycles. The molecule has 1 heterocycles. The molecule has 0 bridgehead atoms. The van der Waals surface area contributed by atoms with Crippen LogP contribution in [0.25, 0.3) is 0 Å². The average molecular weight is 491 g/mol. The van der Waals surface area contributed by atoms with Gasteiger partial charge in [0.1, 0.15) is 5.75 Å². The smallest absolute Gasteiger partial charge is 0.265 e. The second-order valence-electron chi connectivity index (χ2n) is 7.44. The summed E-state index contributed by atoms with van der Waals surface area (Å²) in [5.41, 5.74) is 2.38. The van der Waals surface area contributed by atoms with Crippen molar-refractivity contribution in [3.8, 4) is 5.75 Å². The molecule has 32 heavy (non-hydrogen) atoms. The van der Waals surface area contributed by atoms with Crippen molar-refractivity contribution in [2.75, 3.05) is 16.2 Å². The summed E-state index contributed by atoms with van der Waals surface area (Å²) in [5, 5.41) is 0.588. The van der Waals surface area contributed by atoms with Crippen LogP contribution in [0.1, 0.15) is 12.5 Å². The number of nitrogens with one attached hydrogen (secondary N) is 1. The molecule has 0 fully saturated rings. The number of fused-ring (bicyclic) bond motifs is 1. The summed E-state index contributed by atoms with van der Waals surface area (Å²) in [6.07, 6.45) is 0.788. The minimum Gasteiger partial charge on any atom is -0.482 e. The second-order valence-corrected chi connectivity index (χ2v) is 9.96. The zero-order valence-corrected chi connectivity index (χ0v) is 19.4. The summed E-state index contributed by atoms with van der Waals surface area (Å²) in [4.78, 5) is 14.5. The van der Waals surface area contributed by atoms with Gasteiger partial charge in [0.05, 0.1) is 9.92 Å². The summed E-state index contributed by atoms with van der Waals surface area (Å²) in [6.45, 7) is 1.77. The minimum atomic E-state index is -3.86. The van der Waals surface area contributed by atoms with Crippen molar-refractivity contribution in [2.45, 2.75) is 24.3 Å². The van der Waals surface area contributed by atoms with Gasteiger partial charge in [-0.2, -0.15) is 0 Å². The Morgan fingerprint density at radius 1 is 1.09 bits per heavy atom. The standard InChI is InChI=1S/C23H20Cl2N2O4S/c1-15-12-16-4-2-3-5-21(16)27(15)23(28)14-31-22-11-10-19(13-20(22)25)32(29,30)26-18-8-6-17(24)7-9-18/h2-11,13,15,26H,12,14H2,1H3/t15-/m0/s1. The highest BCUT2D eigenvalue weighted by molar-refractivity contribution is 7.92. The van der Waals surface area contributed by atoms with Gasteiger partial charge < -0.3 is 9.64 Å². The molecule has 1 aliphatic heterocycles. The molecule has 1 amide bonds. The molecule has 1 atom stereocenters. The van der Waals surface area contributed by atoms with Gasteiger partial charge in [-0.15, -0.1) is 0 Å². The van der Waals surface area contributed by atoms with E-state index in [-0.39, 0.29) is 34.2 Å². The normalized spacial score (nSPS) is 15.3. The number of nitrogens with zero attached hydrogens (tertiary/aromatic N) is 1. The average Bonchev–Trinajstić information content (AvgIpc) is 3.10. The molecule has 0 saturated carbocycles. The highest BCUT2D eigenvalue weighted by atomic mass is 35.5. The van der Waals surface area contributed by atoms with Crippen LogP contribution in [0, 0.1) is 0 Å². The first-order valence-corrected chi connectivity index (χ1v) is 12.1. The van der Waals surface area contributed by atoms with Gasteiger partial charge in [-0.05, 0) is 67.4 Å². The maximum atomic E-state index is 12.8. The van der Waals surface area contributed by atoms with Crippen LogP contribution in [-0.2, 0) is 21.2 Å². The molecule has 0 aliphatic carbocycles. The quantitative estimate of drug-likeness (QED) is 0.518. The van der Waals surface area contributed by atoms with E-state index in [1.54, 1.807) is 29.2 Å². The number of anilines is 2. The van der Waals surface area contributed by atoms with Crippen molar-refractivity contribution in [1.82, 2.24) is 0 Å². The first-order valence-electron chi connectivity index (χ1n) is 9.85. The third kappa shape index (κ3) is 4.70. The summed E-state index contributed by atoms with van der Waals surface area (Å²) in [7, 11) is -3.86. The first-order chi connectivity index (χ1) is 15.2. The molecule has 4 rings (SSSR count). The van der Waals surface area contributed by atoms with Crippen LogP contribution in [-0.4, -0.2) is 27.0 Å². The van der Waals surface area contributed by atoms with Gasteiger partial charge in [-0.25, -0.2) is 8.42 Å². The van der Waals surface area contributed by atoms with Crippen molar-refractivity contribution in [1.29, 1.82) is 0 Å². The van der Waals surface area contributed by atoms with E-state index in [0.717, 1.165) is 17.7 Å². The monoisotopic (exact) mass is 490 g/mol. The van der Waals surface area contributed by atoms with E-state index in [0.29, 0.717) is 10.7 Å². The summed E-state index contributed by atoms with van der Waals surface area (Å²) >= 11 is 12.1. The summed E-state index contributed by atoms with van der Waals surface area (Å²) < 4.78 is 33.4. The van der Waals surface area contributed by atoms with Crippen LogP contribution < -0.4 is 14.4 Å². The Morgan fingerprint density at radius 3 is 2.53 bits per heavy atom. The number of hydrogen-bond donors (Lipinski definition) is 1. The van der Waals surface area contributed by atoms with Crippen molar-refractivity contribution in [3.63, 3.8) is 0 Å². The maximum absolute atomic E-state index is 12.8.